The highest BCUT2D eigenvalue weighted by Crippen LogP contribution is 2.21. The van der Waals surface area contributed by atoms with Gasteiger partial charge in [-0.05, 0) is 33.1 Å². The van der Waals surface area contributed by atoms with E-state index in [0.29, 0.717) is 19.6 Å². The van der Waals surface area contributed by atoms with Crippen molar-refractivity contribution in [2.75, 3.05) is 39.5 Å². The van der Waals surface area contributed by atoms with Crippen molar-refractivity contribution in [2.24, 2.45) is 5.41 Å². The van der Waals surface area contributed by atoms with E-state index in [1.165, 1.54) is 38.5 Å². The number of alkyl halides is 1. The molecule has 0 aromatic rings. The third kappa shape index (κ3) is 18.1. The van der Waals surface area contributed by atoms with E-state index in [1.54, 1.807) is 13.8 Å². The summed E-state index contributed by atoms with van der Waals surface area (Å²) in [6.07, 6.45) is 11.2. The highest BCUT2D eigenvalue weighted by molar-refractivity contribution is 5.81. The van der Waals surface area contributed by atoms with Crippen molar-refractivity contribution >= 4 is 11.8 Å². The maximum absolute atomic E-state index is 14.6. The monoisotopic (exact) mass is 546 g/mol. The summed E-state index contributed by atoms with van der Waals surface area (Å²) in [7, 11) is 0. The zero-order valence-corrected chi connectivity index (χ0v) is 25.6. The van der Waals surface area contributed by atoms with Crippen LogP contribution in [-0.2, 0) is 23.8 Å². The van der Waals surface area contributed by atoms with Crippen LogP contribution in [-0.4, -0.2) is 69.2 Å². The molecule has 2 amide bonds. The first-order valence-electron chi connectivity index (χ1n) is 15.0. The Morgan fingerprint density at radius 1 is 0.816 bits per heavy atom. The van der Waals surface area contributed by atoms with Crippen molar-refractivity contribution in [1.82, 2.24) is 10.6 Å². The van der Waals surface area contributed by atoms with Crippen molar-refractivity contribution in [2.45, 2.75) is 137 Å². The molecule has 7 nitrogen and oxygen atoms in total. The number of unbranched alkanes of at least 4 members (excludes halogenated alkanes) is 6. The predicted molar refractivity (Wildman–Crippen MR) is 153 cm³/mol. The lowest BCUT2D eigenvalue weighted by Gasteiger charge is -2.30. The van der Waals surface area contributed by atoms with Crippen molar-refractivity contribution < 1.29 is 28.2 Å². The van der Waals surface area contributed by atoms with E-state index in [-0.39, 0.29) is 44.3 Å². The second-order valence-corrected chi connectivity index (χ2v) is 11.5. The molecule has 0 bridgehead atoms. The zero-order chi connectivity index (χ0) is 28.9. The second-order valence-electron chi connectivity index (χ2n) is 11.5. The Labute approximate surface area is 232 Å². The molecule has 0 aliphatic carbocycles. The van der Waals surface area contributed by atoms with E-state index < -0.39 is 17.2 Å². The van der Waals surface area contributed by atoms with Gasteiger partial charge in [-0.3, -0.25) is 9.59 Å². The zero-order valence-electron chi connectivity index (χ0n) is 25.6. The maximum atomic E-state index is 14.6. The van der Waals surface area contributed by atoms with Crippen LogP contribution in [0.2, 0.25) is 0 Å². The van der Waals surface area contributed by atoms with Crippen molar-refractivity contribution in [3.8, 4) is 0 Å². The van der Waals surface area contributed by atoms with Crippen LogP contribution < -0.4 is 10.6 Å². The lowest BCUT2D eigenvalue weighted by molar-refractivity contribution is -0.131. The minimum atomic E-state index is -1.35. The molecule has 226 valence electrons. The molecule has 0 saturated heterocycles. The molecule has 0 rings (SSSR count). The molecule has 0 spiro atoms. The van der Waals surface area contributed by atoms with Crippen LogP contribution in [0.3, 0.4) is 0 Å². The van der Waals surface area contributed by atoms with Gasteiger partial charge in [0.2, 0.25) is 11.8 Å². The number of halogens is 1. The lowest BCUT2D eigenvalue weighted by atomic mass is 9.89. The van der Waals surface area contributed by atoms with Gasteiger partial charge in [0.05, 0.1) is 38.1 Å². The molecule has 2 unspecified atom stereocenters. The smallest absolute Gasteiger partial charge is 0.246 e. The molecule has 0 aliphatic rings. The predicted octanol–water partition coefficient (Wildman–Crippen LogP) is 6.13. The summed E-state index contributed by atoms with van der Waals surface area (Å²) in [5.74, 6) is -0.297. The van der Waals surface area contributed by atoms with Gasteiger partial charge in [0.1, 0.15) is 12.8 Å². The first-order valence-corrected chi connectivity index (χ1v) is 15.0. The van der Waals surface area contributed by atoms with Crippen molar-refractivity contribution in [3.05, 3.63) is 0 Å². The number of hydrogen-bond acceptors (Lipinski definition) is 5. The number of carbonyl (C=O) groups is 2. The molecule has 0 radical (unpaired) electrons. The van der Waals surface area contributed by atoms with E-state index in [9.17, 15) is 14.0 Å². The quantitative estimate of drug-likeness (QED) is 0.135. The van der Waals surface area contributed by atoms with Crippen LogP contribution in [0.25, 0.3) is 0 Å². The van der Waals surface area contributed by atoms with Gasteiger partial charge in [0.25, 0.3) is 0 Å². The van der Waals surface area contributed by atoms with Crippen LogP contribution in [0.15, 0.2) is 0 Å². The molecule has 0 fully saturated rings. The molecule has 0 aromatic heterocycles. The fraction of sp³-hybridized carbons (Fsp3) is 0.933. The van der Waals surface area contributed by atoms with Crippen molar-refractivity contribution in [1.29, 1.82) is 0 Å². The minimum absolute atomic E-state index is 0.0763. The molecule has 2 N–H and O–H groups in total. The first kappa shape index (κ1) is 36.8. The van der Waals surface area contributed by atoms with Crippen LogP contribution in [0, 0.1) is 5.41 Å². The lowest BCUT2D eigenvalue weighted by Crippen LogP contribution is -2.47. The van der Waals surface area contributed by atoms with Crippen LogP contribution >= 0.6 is 0 Å². The molecule has 2 atom stereocenters. The minimum Gasteiger partial charge on any atom is -0.377 e. The first-order chi connectivity index (χ1) is 18.0. The summed E-state index contributed by atoms with van der Waals surface area (Å²) in [5.41, 5.74) is -1.58. The van der Waals surface area contributed by atoms with Gasteiger partial charge in [0.15, 0.2) is 0 Å². The highest BCUT2D eigenvalue weighted by Gasteiger charge is 2.32. The van der Waals surface area contributed by atoms with Gasteiger partial charge in [-0.2, -0.15) is 0 Å². The van der Waals surface area contributed by atoms with Gasteiger partial charge in [-0.25, -0.2) is 4.39 Å². The molecular weight excluding hydrogens is 487 g/mol. The normalized spacial score (nSPS) is 13.8. The Bertz CT molecular complexity index is 615. The summed E-state index contributed by atoms with van der Waals surface area (Å²) < 4.78 is 31.8. The summed E-state index contributed by atoms with van der Waals surface area (Å²) >= 11 is 0. The topological polar surface area (TPSA) is 85.9 Å². The van der Waals surface area contributed by atoms with Gasteiger partial charge >= 0.3 is 0 Å². The van der Waals surface area contributed by atoms with E-state index in [2.05, 4.69) is 24.5 Å². The Balaban J connectivity index is 4.07. The summed E-state index contributed by atoms with van der Waals surface area (Å²) in [6, 6.07) is 0. The Hall–Kier alpha value is -1.25. The van der Waals surface area contributed by atoms with Gasteiger partial charge in [-0.1, -0.05) is 86.0 Å². The fourth-order valence-electron chi connectivity index (χ4n) is 3.80. The van der Waals surface area contributed by atoms with E-state index in [1.807, 2.05) is 20.8 Å². The standard InChI is InChI=1S/C30H59FN2O5/c1-8-11-13-14-16-18-25(17-15-12-9-2)37-24-27(34)32-19-20-36-21-22-38-30(6,7)26(31)23-33-28(35)29(4,5)10-3/h25-26H,8-24H2,1-7H3,(H,32,34)(H,33,35). The molecule has 38 heavy (non-hydrogen) atoms. The number of nitrogens with one attached hydrogen (secondary N) is 2. The fourth-order valence-corrected chi connectivity index (χ4v) is 3.80. The summed E-state index contributed by atoms with van der Waals surface area (Å²) in [5, 5.41) is 5.51. The molecular formula is C30H59FN2O5. The summed E-state index contributed by atoms with van der Waals surface area (Å²) in [4.78, 5) is 24.4. The van der Waals surface area contributed by atoms with Gasteiger partial charge in [0, 0.05) is 12.0 Å². The maximum Gasteiger partial charge on any atom is 0.246 e. The van der Waals surface area contributed by atoms with E-state index in [0.717, 1.165) is 25.7 Å². The third-order valence-electron chi connectivity index (χ3n) is 7.17. The number of hydrogen-bond donors (Lipinski definition) is 2. The summed E-state index contributed by atoms with van der Waals surface area (Å²) in [6.45, 7) is 14.6. The Morgan fingerprint density at radius 2 is 1.42 bits per heavy atom. The third-order valence-corrected chi connectivity index (χ3v) is 7.17. The molecule has 0 saturated carbocycles. The molecule has 0 aromatic carbocycles. The number of carbonyl (C=O) groups excluding carboxylic acids is 2. The largest absolute Gasteiger partial charge is 0.377 e. The SMILES string of the molecule is CCCCCCCC(CCCCC)OCC(=O)NCCOCCOC(C)(C)C(F)CNC(=O)C(C)(C)CC. The molecule has 0 aliphatic heterocycles. The Kier molecular flexibility index (Phi) is 20.8. The van der Waals surface area contributed by atoms with Crippen LogP contribution in [0.5, 0.6) is 0 Å². The number of amides is 2. The van der Waals surface area contributed by atoms with E-state index >= 15 is 0 Å². The number of ether oxygens (including phenoxy) is 3. The average molecular weight is 547 g/mol. The van der Waals surface area contributed by atoms with Gasteiger partial charge < -0.3 is 24.8 Å². The van der Waals surface area contributed by atoms with Crippen LogP contribution in [0.1, 0.15) is 119 Å². The molecule has 0 heterocycles. The van der Waals surface area contributed by atoms with Crippen LogP contribution in [0.4, 0.5) is 4.39 Å². The van der Waals surface area contributed by atoms with Crippen molar-refractivity contribution in [3.63, 3.8) is 0 Å². The second kappa shape index (κ2) is 21.6. The number of rotatable bonds is 25. The Morgan fingerprint density at radius 3 is 2.05 bits per heavy atom. The van der Waals surface area contributed by atoms with Gasteiger partial charge in [-0.15, -0.1) is 0 Å². The molecule has 8 heteroatoms. The average Bonchev–Trinajstić information content (AvgIpc) is 2.88. The highest BCUT2D eigenvalue weighted by atomic mass is 19.1. The van der Waals surface area contributed by atoms with E-state index in [4.69, 9.17) is 14.2 Å².